The van der Waals surface area contributed by atoms with Crippen molar-refractivity contribution in [2.75, 3.05) is 12.4 Å². The molecule has 0 aliphatic heterocycles. The second-order valence-electron chi connectivity index (χ2n) is 4.64. The van der Waals surface area contributed by atoms with E-state index in [1.165, 1.54) is 21.0 Å². The highest BCUT2D eigenvalue weighted by Crippen LogP contribution is 2.26. The van der Waals surface area contributed by atoms with E-state index in [-0.39, 0.29) is 0 Å². The summed E-state index contributed by atoms with van der Waals surface area (Å²) in [6, 6.07) is 5.44. The zero-order valence-corrected chi connectivity index (χ0v) is 11.7. The van der Waals surface area contributed by atoms with Crippen molar-refractivity contribution in [3.63, 3.8) is 0 Å². The van der Waals surface area contributed by atoms with Gasteiger partial charge in [-0.2, -0.15) is 0 Å². The van der Waals surface area contributed by atoms with Crippen LogP contribution in [0.1, 0.15) is 13.8 Å². The Balaban J connectivity index is 2.99. The van der Waals surface area contributed by atoms with Crippen LogP contribution in [-0.4, -0.2) is 30.2 Å². The highest BCUT2D eigenvalue weighted by Gasteiger charge is 2.42. The second-order valence-corrected chi connectivity index (χ2v) is 5.07. The molecule has 0 saturated carbocycles. The Bertz CT molecular complexity index is 470. The molecule has 0 spiro atoms. The maximum atomic E-state index is 11.7. The van der Waals surface area contributed by atoms with Crippen molar-refractivity contribution in [3.8, 4) is 0 Å². The summed E-state index contributed by atoms with van der Waals surface area (Å²) in [4.78, 5) is 23.0. The number of esters is 1. The first-order valence-corrected chi connectivity index (χ1v) is 6.00. The van der Waals surface area contributed by atoms with Crippen molar-refractivity contribution in [3.05, 3.63) is 29.3 Å². The van der Waals surface area contributed by atoms with Crippen LogP contribution in [0.3, 0.4) is 0 Å². The monoisotopic (exact) mass is 285 g/mol. The van der Waals surface area contributed by atoms with Gasteiger partial charge in [-0.3, -0.25) is 4.79 Å². The number of benzene rings is 1. The minimum Gasteiger partial charge on any atom is -0.480 e. The van der Waals surface area contributed by atoms with Crippen molar-refractivity contribution in [2.24, 2.45) is 5.41 Å². The summed E-state index contributed by atoms with van der Waals surface area (Å²) in [6.45, 7) is 3.03. The lowest BCUT2D eigenvalue weighted by Gasteiger charge is -2.29. The molecular weight excluding hydrogens is 270 g/mol. The van der Waals surface area contributed by atoms with Gasteiger partial charge >= 0.3 is 11.9 Å². The number of rotatable bonds is 5. The Morgan fingerprint density at radius 1 is 1.32 bits per heavy atom. The molecule has 0 aliphatic carbocycles. The zero-order chi connectivity index (χ0) is 14.6. The minimum absolute atomic E-state index is 0.546. The van der Waals surface area contributed by atoms with E-state index in [0.29, 0.717) is 10.7 Å². The number of carbonyl (C=O) groups excluding carboxylic acids is 1. The van der Waals surface area contributed by atoms with Crippen LogP contribution in [0, 0.1) is 5.41 Å². The van der Waals surface area contributed by atoms with Crippen molar-refractivity contribution >= 4 is 29.2 Å². The van der Waals surface area contributed by atoms with Crippen molar-refractivity contribution in [1.29, 1.82) is 0 Å². The number of hydrogen-bond donors (Lipinski definition) is 2. The zero-order valence-electron chi connectivity index (χ0n) is 10.9. The quantitative estimate of drug-likeness (QED) is 0.813. The van der Waals surface area contributed by atoms with Crippen LogP contribution in [-0.2, 0) is 14.3 Å². The van der Waals surface area contributed by atoms with Gasteiger partial charge in [0.25, 0.3) is 0 Å². The molecule has 0 heterocycles. The number of nitrogens with one attached hydrogen (secondary N) is 1. The molecule has 1 atom stereocenters. The summed E-state index contributed by atoms with van der Waals surface area (Å²) in [6.07, 6.45) is 0. The van der Waals surface area contributed by atoms with Gasteiger partial charge in [-0.15, -0.1) is 0 Å². The van der Waals surface area contributed by atoms with Gasteiger partial charge in [-0.25, -0.2) is 4.79 Å². The number of methoxy groups -OCH3 is 1. The Morgan fingerprint density at radius 2 is 1.84 bits per heavy atom. The Hall–Kier alpha value is -1.75. The molecule has 1 unspecified atom stereocenters. The molecule has 2 N–H and O–H groups in total. The second kappa shape index (κ2) is 5.93. The summed E-state index contributed by atoms with van der Waals surface area (Å²) in [5.74, 6) is -1.73. The molecule has 0 aliphatic rings. The predicted octanol–water partition coefficient (Wildman–Crippen LogP) is 2.40. The molecule has 0 saturated heterocycles. The number of ether oxygens (including phenoxy) is 1. The Kier molecular flexibility index (Phi) is 4.78. The van der Waals surface area contributed by atoms with E-state index in [1.807, 2.05) is 0 Å². The van der Waals surface area contributed by atoms with Gasteiger partial charge in [0.15, 0.2) is 0 Å². The van der Waals surface area contributed by atoms with Crippen LogP contribution >= 0.6 is 11.6 Å². The lowest BCUT2D eigenvalue weighted by molar-refractivity contribution is -0.157. The van der Waals surface area contributed by atoms with Crippen LogP contribution in [0.4, 0.5) is 5.69 Å². The summed E-state index contributed by atoms with van der Waals surface area (Å²) >= 11 is 5.76. The van der Waals surface area contributed by atoms with Crippen molar-refractivity contribution in [2.45, 2.75) is 19.9 Å². The van der Waals surface area contributed by atoms with Gasteiger partial charge < -0.3 is 15.2 Å². The molecule has 6 heteroatoms. The van der Waals surface area contributed by atoms with E-state index < -0.39 is 23.4 Å². The Labute approximate surface area is 116 Å². The molecular formula is C13H16ClNO4. The number of carbonyl (C=O) groups is 2. The molecule has 1 aromatic carbocycles. The average molecular weight is 286 g/mol. The summed E-state index contributed by atoms with van der Waals surface area (Å²) in [5.41, 5.74) is -0.644. The lowest BCUT2D eigenvalue weighted by Crippen LogP contribution is -2.48. The fourth-order valence-corrected chi connectivity index (χ4v) is 1.77. The van der Waals surface area contributed by atoms with Gasteiger partial charge in [0.05, 0.1) is 12.5 Å². The average Bonchev–Trinajstić information content (AvgIpc) is 2.36. The Morgan fingerprint density at radius 3 is 2.26 bits per heavy atom. The van der Waals surface area contributed by atoms with E-state index in [4.69, 9.17) is 11.6 Å². The molecule has 0 aromatic heterocycles. The van der Waals surface area contributed by atoms with Gasteiger partial charge in [0, 0.05) is 10.7 Å². The summed E-state index contributed by atoms with van der Waals surface area (Å²) < 4.78 is 4.64. The molecule has 104 valence electrons. The topological polar surface area (TPSA) is 75.6 Å². The fourth-order valence-electron chi connectivity index (χ4n) is 1.64. The van der Waals surface area contributed by atoms with E-state index in [9.17, 15) is 14.7 Å². The van der Waals surface area contributed by atoms with E-state index in [0.717, 1.165) is 0 Å². The van der Waals surface area contributed by atoms with Crippen LogP contribution < -0.4 is 5.32 Å². The molecule has 0 radical (unpaired) electrons. The highest BCUT2D eigenvalue weighted by atomic mass is 35.5. The molecule has 0 fully saturated rings. The molecule has 0 amide bonds. The van der Waals surface area contributed by atoms with Gasteiger partial charge in [-0.1, -0.05) is 11.6 Å². The molecule has 5 nitrogen and oxygen atoms in total. The van der Waals surface area contributed by atoms with Crippen LogP contribution in [0.5, 0.6) is 0 Å². The first kappa shape index (κ1) is 15.3. The number of anilines is 1. The molecule has 19 heavy (non-hydrogen) atoms. The van der Waals surface area contributed by atoms with Gasteiger partial charge in [0.1, 0.15) is 6.04 Å². The number of aliphatic carboxylic acids is 1. The highest BCUT2D eigenvalue weighted by molar-refractivity contribution is 6.30. The first-order valence-electron chi connectivity index (χ1n) is 5.62. The number of hydrogen-bond acceptors (Lipinski definition) is 4. The van der Waals surface area contributed by atoms with Crippen LogP contribution in [0.2, 0.25) is 5.02 Å². The third kappa shape index (κ3) is 3.61. The third-order valence-electron chi connectivity index (χ3n) is 2.84. The molecule has 1 aromatic rings. The van der Waals surface area contributed by atoms with Crippen molar-refractivity contribution in [1.82, 2.24) is 0 Å². The standard InChI is InChI=1S/C13H16ClNO4/c1-13(2,12(18)19-3)10(11(16)17)15-9-6-4-8(14)5-7-9/h4-7,10,15H,1-3H3,(H,16,17). The fraction of sp³-hybridized carbons (Fsp3) is 0.385. The number of carboxylic acids is 1. The van der Waals surface area contributed by atoms with Crippen LogP contribution in [0.25, 0.3) is 0 Å². The smallest absolute Gasteiger partial charge is 0.327 e. The van der Waals surface area contributed by atoms with Crippen molar-refractivity contribution < 1.29 is 19.4 Å². The lowest BCUT2D eigenvalue weighted by atomic mass is 9.84. The van der Waals surface area contributed by atoms with E-state index >= 15 is 0 Å². The van der Waals surface area contributed by atoms with Gasteiger partial charge in [0.2, 0.25) is 0 Å². The maximum Gasteiger partial charge on any atom is 0.327 e. The molecule has 0 bridgehead atoms. The first-order chi connectivity index (χ1) is 8.78. The maximum absolute atomic E-state index is 11.7. The summed E-state index contributed by atoms with van der Waals surface area (Å²) in [5, 5.41) is 12.6. The SMILES string of the molecule is COC(=O)C(C)(C)C(Nc1ccc(Cl)cc1)C(=O)O. The van der Waals surface area contributed by atoms with E-state index in [2.05, 4.69) is 10.1 Å². The molecule has 1 rings (SSSR count). The largest absolute Gasteiger partial charge is 0.480 e. The minimum atomic E-state index is -1.21. The summed E-state index contributed by atoms with van der Waals surface area (Å²) in [7, 11) is 1.23. The van der Waals surface area contributed by atoms with E-state index in [1.54, 1.807) is 24.3 Å². The number of carboxylic acid groups (broad SMARTS) is 1. The normalized spacial score (nSPS) is 12.6. The van der Waals surface area contributed by atoms with Gasteiger partial charge in [-0.05, 0) is 38.1 Å². The number of halogens is 1. The predicted molar refractivity (Wildman–Crippen MR) is 72.3 cm³/mol. The third-order valence-corrected chi connectivity index (χ3v) is 3.09. The van der Waals surface area contributed by atoms with Crippen LogP contribution in [0.15, 0.2) is 24.3 Å².